The minimum Gasteiger partial charge on any atom is -0.287 e. The normalized spacial score (nSPS) is 8.86. The van der Waals surface area contributed by atoms with Gasteiger partial charge in [-0.2, -0.15) is 0 Å². The van der Waals surface area contributed by atoms with Gasteiger partial charge in [-0.15, -0.1) is 0 Å². The van der Waals surface area contributed by atoms with E-state index in [1.54, 1.807) is 17.7 Å². The zero-order chi connectivity index (χ0) is 5.70. The van der Waals surface area contributed by atoms with Crippen LogP contribution in [0.15, 0.2) is 0 Å². The summed E-state index contributed by atoms with van der Waals surface area (Å²) in [5.74, 6) is 0. The molecule has 42 valence electrons. The molecule has 0 bridgehead atoms. The van der Waals surface area contributed by atoms with Crippen molar-refractivity contribution in [2.45, 2.75) is 6.92 Å². The third kappa shape index (κ3) is 6.72. The molecule has 0 aromatic heterocycles. The van der Waals surface area contributed by atoms with Crippen LogP contribution in [-0.4, -0.2) is 11.4 Å². The first-order chi connectivity index (χ1) is 3.27. The molecule has 0 fully saturated rings. The lowest BCUT2D eigenvalue weighted by molar-refractivity contribution is -0.109. The highest BCUT2D eigenvalue weighted by Crippen LogP contribution is 2.31. The maximum atomic E-state index is 10.1. The molecule has 0 aromatic rings. The highest BCUT2D eigenvalue weighted by molar-refractivity contribution is 9.11. The lowest BCUT2D eigenvalue weighted by Gasteiger charge is -1.85. The van der Waals surface area contributed by atoms with Gasteiger partial charge in [0.05, 0.1) is 0 Å². The van der Waals surface area contributed by atoms with Gasteiger partial charge in [0.2, 0.25) is 0 Å². The topological polar surface area (TPSA) is 17.1 Å². The summed E-state index contributed by atoms with van der Waals surface area (Å²) in [4.78, 5) is 10.1. The Kier molecular flexibility index (Phi) is 5.37. The molecule has 0 aliphatic heterocycles. The van der Waals surface area contributed by atoms with Crippen molar-refractivity contribution in [2.24, 2.45) is 0 Å². The van der Waals surface area contributed by atoms with E-state index in [2.05, 4.69) is 0 Å². The molecule has 0 heterocycles. The number of rotatable bonds is 2. The average molecular weight is 154 g/mol. The molecule has 1 nitrogen and oxygen atoms in total. The molecule has 0 amide bonds. The second kappa shape index (κ2) is 4.87. The fraction of sp³-hybridized carbons (Fsp3) is 0.667. The van der Waals surface area contributed by atoms with Crippen LogP contribution in [0.4, 0.5) is 0 Å². The number of hydrogen-bond acceptors (Lipinski definition) is 4. The number of carbonyl (C=O) groups is 1. The number of hydrogen-bond donors (Lipinski definition) is 0. The molecular weight excluding hydrogens is 148 g/mol. The smallest absolute Gasteiger partial charge is 0.197 e. The molecule has 0 saturated carbocycles. The SMILES string of the molecule is CSSSC(C)=O. The van der Waals surface area contributed by atoms with E-state index in [-0.39, 0.29) is 5.12 Å². The lowest BCUT2D eigenvalue weighted by Crippen LogP contribution is -1.70. The Hall–Kier alpha value is 0.720. The Morgan fingerprint density at radius 2 is 2.14 bits per heavy atom. The van der Waals surface area contributed by atoms with Crippen LogP contribution < -0.4 is 0 Å². The van der Waals surface area contributed by atoms with Gasteiger partial charge in [0.25, 0.3) is 0 Å². The molecule has 0 radical (unpaired) electrons. The second-order valence-corrected chi connectivity index (χ2v) is 5.15. The molecule has 0 spiro atoms. The largest absolute Gasteiger partial charge is 0.287 e. The van der Waals surface area contributed by atoms with E-state index >= 15 is 0 Å². The molecule has 0 aliphatic rings. The van der Waals surface area contributed by atoms with Gasteiger partial charge >= 0.3 is 0 Å². The molecule has 0 N–H and O–H groups in total. The lowest BCUT2D eigenvalue weighted by atomic mass is 10.9. The van der Waals surface area contributed by atoms with Crippen molar-refractivity contribution >= 4 is 36.5 Å². The maximum absolute atomic E-state index is 10.1. The molecule has 0 unspecified atom stereocenters. The highest BCUT2D eigenvalue weighted by atomic mass is 33.5. The van der Waals surface area contributed by atoms with E-state index in [1.807, 2.05) is 6.26 Å². The van der Waals surface area contributed by atoms with E-state index in [1.165, 1.54) is 20.6 Å². The third-order valence-corrected chi connectivity index (χ3v) is 3.81. The zero-order valence-corrected chi connectivity index (χ0v) is 6.58. The van der Waals surface area contributed by atoms with E-state index < -0.39 is 0 Å². The van der Waals surface area contributed by atoms with Crippen LogP contribution in [0.5, 0.6) is 0 Å². The monoisotopic (exact) mass is 154 g/mol. The third-order valence-electron chi connectivity index (χ3n) is 0.219. The first-order valence-corrected chi connectivity index (χ1v) is 5.54. The Morgan fingerprint density at radius 3 is 2.29 bits per heavy atom. The Labute approximate surface area is 54.8 Å². The second-order valence-electron chi connectivity index (χ2n) is 0.810. The van der Waals surface area contributed by atoms with Gasteiger partial charge in [-0.25, -0.2) is 0 Å². The van der Waals surface area contributed by atoms with E-state index in [0.29, 0.717) is 0 Å². The van der Waals surface area contributed by atoms with Gasteiger partial charge in [0.1, 0.15) is 0 Å². The predicted molar refractivity (Wildman–Crippen MR) is 39.4 cm³/mol. The summed E-state index contributed by atoms with van der Waals surface area (Å²) in [5.41, 5.74) is 0. The average Bonchev–Trinajstić information content (AvgIpc) is 1.61. The maximum Gasteiger partial charge on any atom is 0.197 e. The van der Waals surface area contributed by atoms with Gasteiger partial charge in [-0.1, -0.05) is 10.8 Å². The Morgan fingerprint density at radius 1 is 1.57 bits per heavy atom. The van der Waals surface area contributed by atoms with Crippen LogP contribution in [-0.2, 0) is 4.79 Å². The Balaban J connectivity index is 2.82. The van der Waals surface area contributed by atoms with E-state index in [4.69, 9.17) is 0 Å². The first-order valence-electron chi connectivity index (χ1n) is 1.65. The van der Waals surface area contributed by atoms with Crippen LogP contribution in [0.1, 0.15) is 6.92 Å². The summed E-state index contributed by atoms with van der Waals surface area (Å²) in [5, 5.41) is 0.166. The molecule has 7 heavy (non-hydrogen) atoms. The summed E-state index contributed by atoms with van der Waals surface area (Å²) in [6, 6.07) is 0. The van der Waals surface area contributed by atoms with Crippen LogP contribution in [0.25, 0.3) is 0 Å². The van der Waals surface area contributed by atoms with Crippen molar-refractivity contribution < 1.29 is 4.79 Å². The summed E-state index contributed by atoms with van der Waals surface area (Å²) < 4.78 is 0. The fourth-order valence-corrected chi connectivity index (χ4v) is 2.21. The number of carbonyl (C=O) groups excluding carboxylic acids is 1. The van der Waals surface area contributed by atoms with Crippen molar-refractivity contribution in [1.29, 1.82) is 0 Å². The minimum atomic E-state index is 0.166. The minimum absolute atomic E-state index is 0.166. The molecule has 0 aromatic carbocycles. The van der Waals surface area contributed by atoms with Crippen molar-refractivity contribution in [3.05, 3.63) is 0 Å². The van der Waals surface area contributed by atoms with E-state index in [0.717, 1.165) is 0 Å². The van der Waals surface area contributed by atoms with Crippen LogP contribution in [0.2, 0.25) is 0 Å². The molecule has 0 saturated heterocycles. The van der Waals surface area contributed by atoms with Crippen molar-refractivity contribution in [3.63, 3.8) is 0 Å². The summed E-state index contributed by atoms with van der Waals surface area (Å²) in [7, 11) is 4.36. The van der Waals surface area contributed by atoms with Gasteiger partial charge in [-0.3, -0.25) is 4.79 Å². The molecule has 0 aliphatic carbocycles. The van der Waals surface area contributed by atoms with Crippen LogP contribution in [0, 0.1) is 0 Å². The van der Waals surface area contributed by atoms with Crippen LogP contribution in [0.3, 0.4) is 0 Å². The van der Waals surface area contributed by atoms with Crippen molar-refractivity contribution in [2.75, 3.05) is 6.26 Å². The van der Waals surface area contributed by atoms with Gasteiger partial charge in [-0.05, 0) is 26.9 Å². The van der Waals surface area contributed by atoms with Gasteiger partial charge in [0.15, 0.2) is 5.12 Å². The predicted octanol–water partition coefficient (Wildman–Crippen LogP) is 2.19. The summed E-state index contributed by atoms with van der Waals surface area (Å²) in [6.45, 7) is 1.56. The summed E-state index contributed by atoms with van der Waals surface area (Å²) >= 11 is 0. The first kappa shape index (κ1) is 7.72. The molecular formula is C3H6OS3. The standard InChI is InChI=1S/C3H6OS3/c1-3(4)6-7-5-2/h1-2H3. The summed E-state index contributed by atoms with van der Waals surface area (Å²) in [6.07, 6.45) is 1.95. The Bertz CT molecular complexity index is 63.2. The van der Waals surface area contributed by atoms with E-state index in [9.17, 15) is 4.79 Å². The van der Waals surface area contributed by atoms with Crippen molar-refractivity contribution in [1.82, 2.24) is 0 Å². The molecule has 0 rings (SSSR count). The quantitative estimate of drug-likeness (QED) is 0.567. The van der Waals surface area contributed by atoms with Crippen molar-refractivity contribution in [3.8, 4) is 0 Å². The molecule has 0 atom stereocenters. The van der Waals surface area contributed by atoms with Gasteiger partial charge < -0.3 is 0 Å². The van der Waals surface area contributed by atoms with Gasteiger partial charge in [0, 0.05) is 6.92 Å². The molecule has 4 heteroatoms. The fourth-order valence-electron chi connectivity index (χ4n) is 0.0819. The van der Waals surface area contributed by atoms with Crippen LogP contribution >= 0.6 is 31.4 Å². The zero-order valence-electron chi connectivity index (χ0n) is 4.13. The highest BCUT2D eigenvalue weighted by Gasteiger charge is 1.89.